The molecule has 5 aromatic rings. The number of nitrogen functional groups attached to an aromatic ring is 1. The summed E-state index contributed by atoms with van der Waals surface area (Å²) in [5.41, 5.74) is 9.03. The van der Waals surface area contributed by atoms with Crippen molar-refractivity contribution in [2.45, 2.75) is 0 Å². The SMILES string of the molecule is Nc1c2c(cc(=O)n1-c1ccccc1-n1c3ccccc3c3ccccc31)C(=O)NC2=O. The Morgan fingerprint density at radius 3 is 1.81 bits per heavy atom. The molecule has 1 aliphatic rings. The van der Waals surface area contributed by atoms with E-state index in [1.54, 1.807) is 12.1 Å². The second-order valence-corrected chi connectivity index (χ2v) is 7.63. The first kappa shape index (κ1) is 18.1. The van der Waals surface area contributed by atoms with Crippen LogP contribution in [0.2, 0.25) is 0 Å². The van der Waals surface area contributed by atoms with Gasteiger partial charge in [0, 0.05) is 16.8 Å². The fourth-order valence-electron chi connectivity index (χ4n) is 4.55. The van der Waals surface area contributed by atoms with Gasteiger partial charge in [-0.25, -0.2) is 0 Å². The molecule has 6 rings (SSSR count). The highest BCUT2D eigenvalue weighted by atomic mass is 16.2. The molecule has 0 atom stereocenters. The number of para-hydroxylation sites is 4. The number of imide groups is 1. The van der Waals surface area contributed by atoms with Crippen molar-refractivity contribution in [3.8, 4) is 11.4 Å². The first-order chi connectivity index (χ1) is 15.6. The van der Waals surface area contributed by atoms with Gasteiger partial charge in [-0.1, -0.05) is 48.5 Å². The fraction of sp³-hybridized carbons (Fsp3) is 0. The molecule has 0 fully saturated rings. The Morgan fingerprint density at radius 2 is 1.19 bits per heavy atom. The Hall–Kier alpha value is -4.65. The molecule has 3 N–H and O–H groups in total. The monoisotopic (exact) mass is 420 g/mol. The molecular weight excluding hydrogens is 404 g/mol. The average Bonchev–Trinajstić information content (AvgIpc) is 3.28. The van der Waals surface area contributed by atoms with Crippen molar-refractivity contribution in [2.24, 2.45) is 0 Å². The summed E-state index contributed by atoms with van der Waals surface area (Å²) in [5, 5.41) is 4.37. The predicted molar refractivity (Wildman–Crippen MR) is 123 cm³/mol. The number of nitrogens with one attached hydrogen (secondary N) is 1. The van der Waals surface area contributed by atoms with Crippen LogP contribution in [0.3, 0.4) is 0 Å². The van der Waals surface area contributed by atoms with Crippen LogP contribution < -0.4 is 16.6 Å². The Bertz CT molecular complexity index is 1620. The van der Waals surface area contributed by atoms with Crippen molar-refractivity contribution in [1.82, 2.24) is 14.5 Å². The van der Waals surface area contributed by atoms with Crippen LogP contribution in [0.25, 0.3) is 33.2 Å². The van der Waals surface area contributed by atoms with Crippen LogP contribution in [-0.4, -0.2) is 20.9 Å². The number of benzene rings is 3. The van der Waals surface area contributed by atoms with Crippen LogP contribution >= 0.6 is 0 Å². The van der Waals surface area contributed by atoms with E-state index in [1.165, 1.54) is 4.57 Å². The summed E-state index contributed by atoms with van der Waals surface area (Å²) in [6, 6.07) is 24.6. The van der Waals surface area contributed by atoms with E-state index in [2.05, 4.69) is 22.0 Å². The molecule has 0 saturated carbocycles. The quantitative estimate of drug-likeness (QED) is 0.428. The van der Waals surface area contributed by atoms with Crippen molar-refractivity contribution in [1.29, 1.82) is 0 Å². The lowest BCUT2D eigenvalue weighted by Crippen LogP contribution is -2.25. The van der Waals surface area contributed by atoms with E-state index in [9.17, 15) is 14.4 Å². The lowest BCUT2D eigenvalue weighted by atomic mass is 10.1. The van der Waals surface area contributed by atoms with Gasteiger partial charge in [0.05, 0.1) is 33.5 Å². The second-order valence-electron chi connectivity index (χ2n) is 7.63. The zero-order valence-electron chi connectivity index (χ0n) is 16.7. The summed E-state index contributed by atoms with van der Waals surface area (Å²) < 4.78 is 3.36. The van der Waals surface area contributed by atoms with Gasteiger partial charge < -0.3 is 10.3 Å². The number of hydrogen-bond donors (Lipinski definition) is 2. The number of fused-ring (bicyclic) bond motifs is 4. The average molecular weight is 420 g/mol. The van der Waals surface area contributed by atoms with E-state index in [0.717, 1.165) is 33.6 Å². The van der Waals surface area contributed by atoms with Crippen LogP contribution in [0.1, 0.15) is 20.7 Å². The highest BCUT2D eigenvalue weighted by molar-refractivity contribution is 6.23. The van der Waals surface area contributed by atoms with Gasteiger partial charge in [-0.05, 0) is 24.3 Å². The van der Waals surface area contributed by atoms with Crippen LogP contribution in [0.15, 0.2) is 83.7 Å². The Kier molecular flexibility index (Phi) is 3.64. The number of pyridine rings is 1. The third kappa shape index (κ3) is 2.33. The molecule has 1 aliphatic heterocycles. The molecule has 7 heteroatoms. The first-order valence-electron chi connectivity index (χ1n) is 10.1. The largest absolute Gasteiger partial charge is 0.384 e. The highest BCUT2D eigenvalue weighted by Gasteiger charge is 2.32. The smallest absolute Gasteiger partial charge is 0.262 e. The van der Waals surface area contributed by atoms with Crippen molar-refractivity contribution in [3.05, 3.63) is 100 Å². The first-order valence-corrected chi connectivity index (χ1v) is 10.1. The van der Waals surface area contributed by atoms with Crippen molar-refractivity contribution in [3.63, 3.8) is 0 Å². The number of anilines is 1. The molecule has 0 saturated heterocycles. The van der Waals surface area contributed by atoms with Gasteiger partial charge >= 0.3 is 0 Å². The van der Waals surface area contributed by atoms with Gasteiger partial charge in [0.2, 0.25) is 0 Å². The molecule has 0 bridgehead atoms. The Morgan fingerprint density at radius 1 is 0.656 bits per heavy atom. The number of carbonyl (C=O) groups is 2. The molecule has 3 heterocycles. The molecule has 0 radical (unpaired) electrons. The summed E-state index contributed by atoms with van der Waals surface area (Å²) in [7, 11) is 0. The standard InChI is InChI=1S/C25H16N4O3/c26-23-22-16(24(31)27-25(22)32)13-21(30)29(23)20-12-6-5-11-19(20)28-17-9-3-1-7-14(17)15-8-2-4-10-18(15)28/h1-13H,26H2,(H,27,31,32). The summed E-state index contributed by atoms with van der Waals surface area (Å²) in [6.07, 6.45) is 0. The lowest BCUT2D eigenvalue weighted by molar-refractivity contribution is 0.0880. The van der Waals surface area contributed by atoms with Crippen LogP contribution in [0.4, 0.5) is 5.82 Å². The summed E-state index contributed by atoms with van der Waals surface area (Å²) in [6.45, 7) is 0. The van der Waals surface area contributed by atoms with E-state index in [4.69, 9.17) is 5.73 Å². The van der Waals surface area contributed by atoms with E-state index in [-0.39, 0.29) is 16.9 Å². The molecule has 0 spiro atoms. The number of amides is 2. The molecular formula is C25H16N4O3. The minimum absolute atomic E-state index is 0.00287. The number of aromatic nitrogens is 2. The third-order valence-electron chi connectivity index (χ3n) is 5.90. The number of nitrogens with zero attached hydrogens (tertiary/aromatic N) is 2. The van der Waals surface area contributed by atoms with Crippen molar-refractivity contribution >= 4 is 39.4 Å². The molecule has 0 unspecified atom stereocenters. The zero-order chi connectivity index (χ0) is 22.0. The van der Waals surface area contributed by atoms with E-state index >= 15 is 0 Å². The maximum Gasteiger partial charge on any atom is 0.262 e. The third-order valence-corrected chi connectivity index (χ3v) is 5.90. The van der Waals surface area contributed by atoms with Gasteiger partial charge in [0.25, 0.3) is 17.4 Å². The molecule has 7 nitrogen and oxygen atoms in total. The van der Waals surface area contributed by atoms with Crippen molar-refractivity contribution < 1.29 is 9.59 Å². The summed E-state index contributed by atoms with van der Waals surface area (Å²) in [5.74, 6) is -1.29. The van der Waals surface area contributed by atoms with Gasteiger partial charge in [0.1, 0.15) is 5.82 Å². The van der Waals surface area contributed by atoms with Crippen LogP contribution in [-0.2, 0) is 0 Å². The maximum absolute atomic E-state index is 13.1. The number of carbonyl (C=O) groups excluding carboxylic acids is 2. The van der Waals surface area contributed by atoms with Crippen molar-refractivity contribution in [2.75, 3.05) is 5.73 Å². The number of hydrogen-bond acceptors (Lipinski definition) is 4. The van der Waals surface area contributed by atoms with E-state index < -0.39 is 17.4 Å². The number of nitrogens with two attached hydrogens (primary N) is 1. The maximum atomic E-state index is 13.1. The highest BCUT2D eigenvalue weighted by Crippen LogP contribution is 2.34. The Balaban J connectivity index is 1.73. The van der Waals surface area contributed by atoms with Gasteiger partial charge in [-0.3, -0.25) is 24.3 Å². The Labute approximate surface area is 181 Å². The van der Waals surface area contributed by atoms with Crippen LogP contribution in [0.5, 0.6) is 0 Å². The number of rotatable bonds is 2. The molecule has 154 valence electrons. The van der Waals surface area contributed by atoms with Gasteiger partial charge in [-0.15, -0.1) is 0 Å². The summed E-state index contributed by atoms with van der Waals surface area (Å²) in [4.78, 5) is 37.4. The normalized spacial score (nSPS) is 13.0. The minimum Gasteiger partial charge on any atom is -0.384 e. The second kappa shape index (κ2) is 6.42. The van der Waals surface area contributed by atoms with Gasteiger partial charge in [-0.2, -0.15) is 0 Å². The molecule has 3 aromatic carbocycles. The minimum atomic E-state index is -0.614. The molecule has 2 aromatic heterocycles. The predicted octanol–water partition coefficient (Wildman–Crippen LogP) is 3.40. The lowest BCUT2D eigenvalue weighted by Gasteiger charge is -2.17. The molecule has 0 aliphatic carbocycles. The van der Waals surface area contributed by atoms with E-state index in [1.807, 2.05) is 48.5 Å². The van der Waals surface area contributed by atoms with Gasteiger partial charge in [0.15, 0.2) is 0 Å². The fourth-order valence-corrected chi connectivity index (χ4v) is 4.55. The molecule has 32 heavy (non-hydrogen) atoms. The zero-order valence-corrected chi connectivity index (χ0v) is 16.7. The van der Waals surface area contributed by atoms with E-state index in [0.29, 0.717) is 5.69 Å². The summed E-state index contributed by atoms with van der Waals surface area (Å²) >= 11 is 0. The topological polar surface area (TPSA) is 99.1 Å². The van der Waals surface area contributed by atoms with Crippen LogP contribution in [0, 0.1) is 0 Å². The molecule has 2 amide bonds.